The second kappa shape index (κ2) is 6.21. The smallest absolute Gasteiger partial charge is 0.243 e. The van der Waals surface area contributed by atoms with Gasteiger partial charge in [-0.15, -0.1) is 0 Å². The van der Waals surface area contributed by atoms with E-state index < -0.39 is 21.7 Å². The summed E-state index contributed by atoms with van der Waals surface area (Å²) in [5, 5.41) is 0.403. The van der Waals surface area contributed by atoms with Crippen LogP contribution in [0.1, 0.15) is 13.3 Å². The predicted octanol–water partition coefficient (Wildman–Crippen LogP) is 1.39. The molecule has 1 heterocycles. The first-order valence-electron chi connectivity index (χ1n) is 6.54. The van der Waals surface area contributed by atoms with E-state index in [1.54, 1.807) is 18.2 Å². The van der Waals surface area contributed by atoms with Crippen LogP contribution in [0.25, 0.3) is 0 Å². The zero-order chi connectivity index (χ0) is 15.6. The lowest BCUT2D eigenvalue weighted by molar-refractivity contribution is -0.116. The Morgan fingerprint density at radius 3 is 2.86 bits per heavy atom. The van der Waals surface area contributed by atoms with E-state index in [-0.39, 0.29) is 6.10 Å². The number of amides is 1. The van der Waals surface area contributed by atoms with Crippen LogP contribution in [0.5, 0.6) is 5.75 Å². The van der Waals surface area contributed by atoms with E-state index in [1.165, 1.54) is 11.9 Å². The lowest BCUT2D eigenvalue weighted by Crippen LogP contribution is -2.46. The van der Waals surface area contributed by atoms with Gasteiger partial charge in [0.05, 0.1) is 17.3 Å². The van der Waals surface area contributed by atoms with Gasteiger partial charge in [0, 0.05) is 0 Å². The summed E-state index contributed by atoms with van der Waals surface area (Å²) in [7, 11) is -2.34. The number of halogens is 1. The van der Waals surface area contributed by atoms with Gasteiger partial charge in [-0.25, -0.2) is 13.1 Å². The zero-order valence-electron chi connectivity index (χ0n) is 11.8. The molecule has 1 N–H and O–H groups in total. The Hall–Kier alpha value is -1.31. The molecule has 0 saturated carbocycles. The molecule has 8 heteroatoms. The topological polar surface area (TPSA) is 75.7 Å². The summed E-state index contributed by atoms with van der Waals surface area (Å²) in [6.07, 6.45) is 0.478. The first kappa shape index (κ1) is 16.1. The van der Waals surface area contributed by atoms with Crippen LogP contribution >= 0.6 is 11.6 Å². The summed E-state index contributed by atoms with van der Waals surface area (Å²) < 4.78 is 31.0. The van der Waals surface area contributed by atoms with Crippen LogP contribution in [0.15, 0.2) is 18.2 Å². The standard InChI is InChI=1S/C13H17ClN2O4S/c1-3-9-7-16(12(17)8-21(18,19)15-2)11-6-4-5-10(14)13(11)20-9/h4-6,9,15H,3,7-8H2,1-2H3/t9-/m0/s1. The maximum atomic E-state index is 12.3. The zero-order valence-corrected chi connectivity index (χ0v) is 13.4. The van der Waals surface area contributed by atoms with Crippen molar-refractivity contribution in [3.8, 4) is 5.75 Å². The Morgan fingerprint density at radius 1 is 1.52 bits per heavy atom. The van der Waals surface area contributed by atoms with Crippen LogP contribution in [0.2, 0.25) is 5.02 Å². The molecule has 0 spiro atoms. The number of fused-ring (bicyclic) bond motifs is 1. The second-order valence-electron chi connectivity index (χ2n) is 4.70. The van der Waals surface area contributed by atoms with Gasteiger partial charge >= 0.3 is 0 Å². The SMILES string of the molecule is CC[C@H]1CN(C(=O)CS(=O)(=O)NC)c2cccc(Cl)c2O1. The summed E-state index contributed by atoms with van der Waals surface area (Å²) in [5.74, 6) is -0.687. The number of nitrogens with one attached hydrogen (secondary N) is 1. The molecule has 1 atom stereocenters. The van der Waals surface area contributed by atoms with Gasteiger partial charge in [-0.05, 0) is 25.6 Å². The molecule has 1 aromatic carbocycles. The fourth-order valence-electron chi connectivity index (χ4n) is 2.09. The molecule has 0 radical (unpaired) electrons. The highest BCUT2D eigenvalue weighted by atomic mass is 35.5. The van der Waals surface area contributed by atoms with Gasteiger partial charge in [-0.3, -0.25) is 4.79 Å². The molecule has 1 aromatic rings. The number of rotatable bonds is 4. The van der Waals surface area contributed by atoms with E-state index in [0.717, 1.165) is 0 Å². The fourth-order valence-corrected chi connectivity index (χ4v) is 2.93. The number of ether oxygens (including phenoxy) is 1. The Kier molecular flexibility index (Phi) is 4.75. The molecule has 0 unspecified atom stereocenters. The quantitative estimate of drug-likeness (QED) is 0.904. The minimum atomic E-state index is -3.62. The average Bonchev–Trinajstić information content (AvgIpc) is 2.46. The van der Waals surface area contributed by atoms with Crippen LogP contribution in [0, 0.1) is 0 Å². The summed E-state index contributed by atoms with van der Waals surface area (Å²) in [6, 6.07) is 5.06. The molecule has 1 aliphatic heterocycles. The lowest BCUT2D eigenvalue weighted by atomic mass is 10.1. The summed E-state index contributed by atoms with van der Waals surface area (Å²) in [5.41, 5.74) is 0.503. The van der Waals surface area contributed by atoms with Crippen molar-refractivity contribution in [2.75, 3.05) is 24.2 Å². The van der Waals surface area contributed by atoms with Crippen LogP contribution in [0.3, 0.4) is 0 Å². The Morgan fingerprint density at radius 2 is 2.24 bits per heavy atom. The van der Waals surface area contributed by atoms with Gasteiger partial charge in [0.2, 0.25) is 15.9 Å². The van der Waals surface area contributed by atoms with E-state index in [2.05, 4.69) is 4.72 Å². The molecule has 0 aliphatic carbocycles. The van der Waals surface area contributed by atoms with Crippen molar-refractivity contribution in [1.29, 1.82) is 0 Å². The van der Waals surface area contributed by atoms with Crippen molar-refractivity contribution in [3.05, 3.63) is 23.2 Å². The largest absolute Gasteiger partial charge is 0.485 e. The number of nitrogens with zero attached hydrogens (tertiary/aromatic N) is 1. The first-order chi connectivity index (χ1) is 9.88. The monoisotopic (exact) mass is 332 g/mol. The van der Waals surface area contributed by atoms with Crippen LogP contribution in [-0.4, -0.2) is 39.8 Å². The summed E-state index contributed by atoms with van der Waals surface area (Å²) in [4.78, 5) is 13.7. The predicted molar refractivity (Wildman–Crippen MR) is 81.4 cm³/mol. The molecule has 6 nitrogen and oxygen atoms in total. The molecule has 0 fully saturated rings. The van der Waals surface area contributed by atoms with Gasteiger partial charge in [0.15, 0.2) is 5.75 Å². The van der Waals surface area contributed by atoms with Gasteiger partial charge in [-0.2, -0.15) is 0 Å². The number of carbonyl (C=O) groups is 1. The highest BCUT2D eigenvalue weighted by molar-refractivity contribution is 7.90. The molecular formula is C13H17ClN2O4S. The van der Waals surface area contributed by atoms with Crippen molar-refractivity contribution in [2.24, 2.45) is 0 Å². The molecule has 21 heavy (non-hydrogen) atoms. The van der Waals surface area contributed by atoms with Crippen LogP contribution in [-0.2, 0) is 14.8 Å². The highest BCUT2D eigenvalue weighted by Gasteiger charge is 2.32. The number of sulfonamides is 1. The van der Waals surface area contributed by atoms with Crippen molar-refractivity contribution >= 4 is 33.2 Å². The second-order valence-corrected chi connectivity index (χ2v) is 7.04. The van der Waals surface area contributed by atoms with E-state index in [0.29, 0.717) is 29.4 Å². The normalized spacial score (nSPS) is 18.0. The minimum absolute atomic E-state index is 0.210. The van der Waals surface area contributed by atoms with Gasteiger partial charge in [0.1, 0.15) is 11.9 Å². The number of carbonyl (C=O) groups excluding carboxylic acids is 1. The molecule has 1 aliphatic rings. The van der Waals surface area contributed by atoms with Gasteiger partial charge in [-0.1, -0.05) is 24.6 Å². The number of para-hydroxylation sites is 1. The number of anilines is 1. The third-order valence-corrected chi connectivity index (χ3v) is 4.84. The maximum absolute atomic E-state index is 12.3. The maximum Gasteiger partial charge on any atom is 0.243 e. The Bertz CT molecular complexity index is 648. The van der Waals surface area contributed by atoms with Gasteiger partial charge in [0.25, 0.3) is 0 Å². The highest BCUT2D eigenvalue weighted by Crippen LogP contribution is 2.39. The van der Waals surface area contributed by atoms with Crippen molar-refractivity contribution in [1.82, 2.24) is 4.72 Å². The van der Waals surface area contributed by atoms with Crippen molar-refractivity contribution in [3.63, 3.8) is 0 Å². The van der Waals surface area contributed by atoms with Gasteiger partial charge < -0.3 is 9.64 Å². The van der Waals surface area contributed by atoms with E-state index in [9.17, 15) is 13.2 Å². The molecule has 2 rings (SSSR count). The Labute approximate surface area is 129 Å². The Balaban J connectivity index is 2.36. The number of benzene rings is 1. The average molecular weight is 333 g/mol. The summed E-state index contributed by atoms with van der Waals surface area (Å²) in [6.45, 7) is 2.24. The molecule has 0 bridgehead atoms. The van der Waals surface area contributed by atoms with Crippen LogP contribution < -0.4 is 14.4 Å². The lowest BCUT2D eigenvalue weighted by Gasteiger charge is -2.35. The third-order valence-electron chi connectivity index (χ3n) is 3.29. The van der Waals surface area contributed by atoms with Crippen molar-refractivity contribution in [2.45, 2.75) is 19.4 Å². The fraction of sp³-hybridized carbons (Fsp3) is 0.462. The molecular weight excluding hydrogens is 316 g/mol. The number of hydrogen-bond acceptors (Lipinski definition) is 4. The molecule has 116 valence electrons. The van der Waals surface area contributed by atoms with E-state index in [4.69, 9.17) is 16.3 Å². The summed E-state index contributed by atoms with van der Waals surface area (Å²) >= 11 is 6.10. The molecule has 0 saturated heterocycles. The molecule has 0 aromatic heterocycles. The van der Waals surface area contributed by atoms with E-state index in [1.807, 2.05) is 6.92 Å². The minimum Gasteiger partial charge on any atom is -0.485 e. The number of hydrogen-bond donors (Lipinski definition) is 1. The first-order valence-corrected chi connectivity index (χ1v) is 8.57. The van der Waals surface area contributed by atoms with Crippen molar-refractivity contribution < 1.29 is 17.9 Å². The third kappa shape index (κ3) is 3.48. The van der Waals surface area contributed by atoms with Crippen LogP contribution in [0.4, 0.5) is 5.69 Å². The van der Waals surface area contributed by atoms with E-state index >= 15 is 0 Å². The molecule has 1 amide bonds.